The molecule has 3 nitrogen and oxygen atoms in total. The summed E-state index contributed by atoms with van der Waals surface area (Å²) in [7, 11) is 0. The van der Waals surface area contributed by atoms with Gasteiger partial charge < -0.3 is 11.1 Å². The molecule has 1 amide bonds. The van der Waals surface area contributed by atoms with E-state index in [1.807, 2.05) is 13.8 Å². The maximum Gasteiger partial charge on any atom is 0.221 e. The highest BCUT2D eigenvalue weighted by Crippen LogP contribution is 2.15. The van der Waals surface area contributed by atoms with Crippen LogP contribution in [0.4, 0.5) is 0 Å². The van der Waals surface area contributed by atoms with Crippen molar-refractivity contribution in [1.82, 2.24) is 5.32 Å². The molecule has 0 bridgehead atoms. The Morgan fingerprint density at radius 2 is 1.70 bits per heavy atom. The van der Waals surface area contributed by atoms with Gasteiger partial charge in [0, 0.05) is 18.5 Å². The van der Waals surface area contributed by atoms with Gasteiger partial charge in [-0.3, -0.25) is 4.79 Å². The van der Waals surface area contributed by atoms with Gasteiger partial charge in [-0.25, -0.2) is 0 Å². The molecule has 4 heteroatoms. The normalized spacial score (nSPS) is 13.5. The summed E-state index contributed by atoms with van der Waals surface area (Å²) in [5.41, 5.74) is 8.20. The first-order chi connectivity index (χ1) is 8.88. The van der Waals surface area contributed by atoms with Crippen LogP contribution in [0.5, 0.6) is 0 Å². The molecule has 0 heterocycles. The van der Waals surface area contributed by atoms with E-state index in [9.17, 15) is 4.79 Å². The van der Waals surface area contributed by atoms with Crippen molar-refractivity contribution in [2.75, 3.05) is 0 Å². The minimum Gasteiger partial charge on any atom is -0.353 e. The summed E-state index contributed by atoms with van der Waals surface area (Å²) in [5, 5.41) is 2.98. The number of rotatable bonds is 6. The summed E-state index contributed by atoms with van der Waals surface area (Å²) in [5.74, 6) is 0.582. The Kier molecular flexibility index (Phi) is 8.51. The number of hydrogen-bond acceptors (Lipinski definition) is 2. The van der Waals surface area contributed by atoms with E-state index in [0.29, 0.717) is 12.3 Å². The topological polar surface area (TPSA) is 55.1 Å². The van der Waals surface area contributed by atoms with Crippen molar-refractivity contribution < 1.29 is 4.79 Å². The van der Waals surface area contributed by atoms with Gasteiger partial charge in [0.2, 0.25) is 5.91 Å². The van der Waals surface area contributed by atoms with Crippen molar-refractivity contribution in [3.05, 3.63) is 35.4 Å². The Balaban J connectivity index is 0.00000361. The molecular formula is C16H27ClN2O. The number of carbonyl (C=O) groups excluding carboxylic acids is 1. The van der Waals surface area contributed by atoms with Crippen molar-refractivity contribution in [2.45, 2.75) is 58.5 Å². The fourth-order valence-corrected chi connectivity index (χ4v) is 2.07. The molecule has 0 fully saturated rings. The molecule has 0 aliphatic rings. The Labute approximate surface area is 128 Å². The van der Waals surface area contributed by atoms with Crippen LogP contribution >= 0.6 is 12.4 Å². The molecule has 20 heavy (non-hydrogen) atoms. The lowest BCUT2D eigenvalue weighted by atomic mass is 9.99. The van der Waals surface area contributed by atoms with Gasteiger partial charge in [-0.2, -0.15) is 0 Å². The Morgan fingerprint density at radius 3 is 2.15 bits per heavy atom. The van der Waals surface area contributed by atoms with Crippen molar-refractivity contribution >= 4 is 18.3 Å². The molecule has 0 spiro atoms. The van der Waals surface area contributed by atoms with E-state index in [1.54, 1.807) is 0 Å². The number of hydrogen-bond donors (Lipinski definition) is 2. The minimum atomic E-state index is -0.0856. The van der Waals surface area contributed by atoms with E-state index in [4.69, 9.17) is 5.73 Å². The molecule has 1 aromatic carbocycles. The van der Waals surface area contributed by atoms with Crippen LogP contribution < -0.4 is 11.1 Å². The van der Waals surface area contributed by atoms with Crippen molar-refractivity contribution in [3.8, 4) is 0 Å². The first-order valence-corrected chi connectivity index (χ1v) is 7.02. The van der Waals surface area contributed by atoms with Gasteiger partial charge in [-0.05, 0) is 37.3 Å². The van der Waals surface area contributed by atoms with Crippen LogP contribution in [-0.2, 0) is 11.2 Å². The largest absolute Gasteiger partial charge is 0.353 e. The molecule has 1 rings (SSSR count). The third kappa shape index (κ3) is 6.92. The molecule has 0 radical (unpaired) electrons. The molecule has 114 valence electrons. The van der Waals surface area contributed by atoms with Crippen LogP contribution in [-0.4, -0.2) is 18.0 Å². The van der Waals surface area contributed by atoms with Crippen LogP contribution in [0.1, 0.15) is 51.2 Å². The van der Waals surface area contributed by atoms with E-state index >= 15 is 0 Å². The zero-order chi connectivity index (χ0) is 14.4. The molecule has 0 aliphatic heterocycles. The van der Waals surface area contributed by atoms with E-state index in [1.165, 1.54) is 11.1 Å². The number of halogens is 1. The van der Waals surface area contributed by atoms with E-state index < -0.39 is 0 Å². The van der Waals surface area contributed by atoms with Crippen LogP contribution in [0.3, 0.4) is 0 Å². The highest BCUT2D eigenvalue weighted by Gasteiger charge is 2.10. The second-order valence-electron chi connectivity index (χ2n) is 5.75. The first kappa shape index (κ1) is 18.9. The van der Waals surface area contributed by atoms with Gasteiger partial charge in [0.25, 0.3) is 0 Å². The Hall–Kier alpha value is -1.06. The summed E-state index contributed by atoms with van der Waals surface area (Å²) >= 11 is 0. The van der Waals surface area contributed by atoms with Crippen LogP contribution in [0, 0.1) is 0 Å². The quantitative estimate of drug-likeness (QED) is 0.848. The average Bonchev–Trinajstić information content (AvgIpc) is 2.27. The maximum atomic E-state index is 11.6. The molecular weight excluding hydrogens is 272 g/mol. The fourth-order valence-electron chi connectivity index (χ4n) is 2.07. The number of benzene rings is 1. The smallest absolute Gasteiger partial charge is 0.221 e. The van der Waals surface area contributed by atoms with Gasteiger partial charge in [0.15, 0.2) is 0 Å². The Bertz CT molecular complexity index is 401. The first-order valence-electron chi connectivity index (χ1n) is 7.02. The molecule has 3 N–H and O–H groups in total. The lowest BCUT2D eigenvalue weighted by Gasteiger charge is -2.15. The van der Waals surface area contributed by atoms with Crippen LogP contribution in [0.2, 0.25) is 0 Å². The number of amides is 1. The van der Waals surface area contributed by atoms with Crippen molar-refractivity contribution in [3.63, 3.8) is 0 Å². The van der Waals surface area contributed by atoms with Gasteiger partial charge in [0.05, 0.1) is 0 Å². The van der Waals surface area contributed by atoms with E-state index in [-0.39, 0.29) is 30.4 Å². The molecule has 0 saturated carbocycles. The molecule has 0 aromatic heterocycles. The highest BCUT2D eigenvalue weighted by atomic mass is 35.5. The molecule has 2 atom stereocenters. The number of carbonyl (C=O) groups is 1. The maximum absolute atomic E-state index is 11.6. The lowest BCUT2D eigenvalue weighted by molar-refractivity contribution is -0.121. The third-order valence-corrected chi connectivity index (χ3v) is 3.10. The van der Waals surface area contributed by atoms with Crippen molar-refractivity contribution in [2.24, 2.45) is 5.73 Å². The summed E-state index contributed by atoms with van der Waals surface area (Å²) in [4.78, 5) is 11.6. The summed E-state index contributed by atoms with van der Waals surface area (Å²) in [6.07, 6.45) is 1.24. The van der Waals surface area contributed by atoms with Crippen molar-refractivity contribution in [1.29, 1.82) is 0 Å². The van der Waals surface area contributed by atoms with Gasteiger partial charge >= 0.3 is 0 Å². The molecule has 2 unspecified atom stereocenters. The standard InChI is InChI=1S/C16H26N2O.ClH/c1-11(2)15-7-5-14(6-8-15)10-13(4)18-16(19)9-12(3)17;/h5-8,11-13H,9-10,17H2,1-4H3,(H,18,19);1H. The molecule has 1 aromatic rings. The molecule has 0 aliphatic carbocycles. The predicted octanol–water partition coefficient (Wildman–Crippen LogP) is 3.02. The van der Waals surface area contributed by atoms with Gasteiger partial charge in [-0.1, -0.05) is 38.1 Å². The number of nitrogens with one attached hydrogen (secondary N) is 1. The lowest BCUT2D eigenvalue weighted by Crippen LogP contribution is -2.37. The summed E-state index contributed by atoms with van der Waals surface area (Å²) in [6.45, 7) is 8.24. The van der Waals surface area contributed by atoms with Gasteiger partial charge in [0.1, 0.15) is 0 Å². The molecule has 0 saturated heterocycles. The average molecular weight is 299 g/mol. The number of nitrogens with two attached hydrogens (primary N) is 1. The highest BCUT2D eigenvalue weighted by molar-refractivity contribution is 5.85. The third-order valence-electron chi connectivity index (χ3n) is 3.10. The monoisotopic (exact) mass is 298 g/mol. The fraction of sp³-hybridized carbons (Fsp3) is 0.562. The zero-order valence-electron chi connectivity index (χ0n) is 12.8. The summed E-state index contributed by atoms with van der Waals surface area (Å²) in [6, 6.07) is 8.66. The SMILES string of the molecule is CC(N)CC(=O)NC(C)Cc1ccc(C(C)C)cc1.Cl. The Morgan fingerprint density at radius 1 is 1.15 bits per heavy atom. The van der Waals surface area contributed by atoms with Gasteiger partial charge in [-0.15, -0.1) is 12.4 Å². The zero-order valence-corrected chi connectivity index (χ0v) is 13.7. The summed E-state index contributed by atoms with van der Waals surface area (Å²) < 4.78 is 0. The van der Waals surface area contributed by atoms with E-state index in [2.05, 4.69) is 43.4 Å². The minimum absolute atomic E-state index is 0. The van der Waals surface area contributed by atoms with Crippen LogP contribution in [0.25, 0.3) is 0 Å². The van der Waals surface area contributed by atoms with Crippen LogP contribution in [0.15, 0.2) is 24.3 Å². The second-order valence-corrected chi connectivity index (χ2v) is 5.75. The second kappa shape index (κ2) is 8.98. The van der Waals surface area contributed by atoms with E-state index in [0.717, 1.165) is 6.42 Å². The predicted molar refractivity (Wildman–Crippen MR) is 87.4 cm³/mol.